The number of nitrogens with one attached hydrogen (secondary N) is 1. The van der Waals surface area contributed by atoms with Gasteiger partial charge in [-0.2, -0.15) is 0 Å². The minimum Gasteiger partial charge on any atom is -0.480 e. The highest BCUT2D eigenvalue weighted by Gasteiger charge is 2.22. The molecule has 1 amide bonds. The number of pyridine rings is 1. The molecule has 166 valence electrons. The molecular formula is C23H21F2N3O4. The molecule has 0 unspecified atom stereocenters. The molecule has 3 aromatic rings. The fraction of sp³-hybridized carbons (Fsp3) is 0.174. The normalized spacial score (nSPS) is 11.5. The number of benzene rings is 2. The zero-order valence-corrected chi connectivity index (χ0v) is 17.4. The Balaban J connectivity index is 1.82. The molecule has 2 aromatic carbocycles. The van der Waals surface area contributed by atoms with Crippen molar-refractivity contribution in [1.82, 2.24) is 9.88 Å². The van der Waals surface area contributed by atoms with Crippen LogP contribution in [0.15, 0.2) is 60.9 Å². The lowest BCUT2D eigenvalue weighted by Crippen LogP contribution is -2.31. The SMILES string of the molecule is CN(C)C(=O)Oc1ccc(C[C@H](Nc2ccncc2-c2c(F)cccc2F)C(=O)O)cc1. The number of halogens is 2. The number of amides is 1. The average Bonchev–Trinajstić information content (AvgIpc) is 2.75. The van der Waals surface area contributed by atoms with Crippen molar-refractivity contribution >= 4 is 17.7 Å². The summed E-state index contributed by atoms with van der Waals surface area (Å²) in [5.41, 5.74) is 0.703. The van der Waals surface area contributed by atoms with E-state index in [1.807, 2.05) is 0 Å². The average molecular weight is 441 g/mol. The van der Waals surface area contributed by atoms with E-state index in [0.717, 1.165) is 12.1 Å². The first kappa shape index (κ1) is 22.7. The second kappa shape index (κ2) is 9.86. The number of rotatable bonds is 7. The zero-order valence-electron chi connectivity index (χ0n) is 17.4. The minimum atomic E-state index is -1.15. The van der Waals surface area contributed by atoms with E-state index >= 15 is 0 Å². The van der Waals surface area contributed by atoms with Gasteiger partial charge in [0.15, 0.2) is 0 Å². The lowest BCUT2D eigenvalue weighted by molar-refractivity contribution is -0.137. The molecule has 0 aliphatic heterocycles. The van der Waals surface area contributed by atoms with Gasteiger partial charge >= 0.3 is 12.1 Å². The second-order valence-electron chi connectivity index (χ2n) is 7.16. The van der Waals surface area contributed by atoms with Crippen LogP contribution in [0.1, 0.15) is 5.56 Å². The quantitative estimate of drug-likeness (QED) is 0.571. The van der Waals surface area contributed by atoms with Crippen molar-refractivity contribution in [3.63, 3.8) is 0 Å². The summed E-state index contributed by atoms with van der Waals surface area (Å²) in [6.07, 6.45) is 2.21. The highest BCUT2D eigenvalue weighted by atomic mass is 19.1. The molecule has 9 heteroatoms. The van der Waals surface area contributed by atoms with Gasteiger partial charge in [-0.05, 0) is 35.9 Å². The van der Waals surface area contributed by atoms with Gasteiger partial charge in [-0.25, -0.2) is 18.4 Å². The minimum absolute atomic E-state index is 0.0682. The van der Waals surface area contributed by atoms with Gasteiger partial charge in [0, 0.05) is 44.2 Å². The van der Waals surface area contributed by atoms with Crippen molar-refractivity contribution in [2.75, 3.05) is 19.4 Å². The first-order valence-electron chi connectivity index (χ1n) is 9.62. The summed E-state index contributed by atoms with van der Waals surface area (Å²) in [4.78, 5) is 28.7. The fourth-order valence-corrected chi connectivity index (χ4v) is 2.98. The highest BCUT2D eigenvalue weighted by molar-refractivity contribution is 5.83. The maximum atomic E-state index is 14.3. The molecule has 3 rings (SSSR count). The molecule has 1 aromatic heterocycles. The van der Waals surface area contributed by atoms with Crippen molar-refractivity contribution in [3.05, 3.63) is 78.1 Å². The number of carboxylic acids is 1. The van der Waals surface area contributed by atoms with E-state index < -0.39 is 29.7 Å². The molecule has 7 nitrogen and oxygen atoms in total. The first-order chi connectivity index (χ1) is 15.3. The third-order valence-electron chi connectivity index (χ3n) is 4.61. The molecule has 0 fully saturated rings. The second-order valence-corrected chi connectivity index (χ2v) is 7.16. The molecule has 0 saturated carbocycles. The Bertz CT molecular complexity index is 1100. The van der Waals surface area contributed by atoms with Crippen LogP contribution in [-0.2, 0) is 11.2 Å². The van der Waals surface area contributed by atoms with Crippen molar-refractivity contribution < 1.29 is 28.2 Å². The Morgan fingerprint density at radius 3 is 2.34 bits per heavy atom. The predicted molar refractivity (Wildman–Crippen MR) is 114 cm³/mol. The molecule has 1 heterocycles. The fourth-order valence-electron chi connectivity index (χ4n) is 2.98. The molecule has 1 atom stereocenters. The Kier molecular flexibility index (Phi) is 6.99. The summed E-state index contributed by atoms with van der Waals surface area (Å²) in [6.45, 7) is 0. The van der Waals surface area contributed by atoms with E-state index in [-0.39, 0.29) is 23.2 Å². The number of carbonyl (C=O) groups excluding carboxylic acids is 1. The number of ether oxygens (including phenoxy) is 1. The van der Waals surface area contributed by atoms with Crippen LogP contribution in [0, 0.1) is 11.6 Å². The smallest absolute Gasteiger partial charge is 0.414 e. The van der Waals surface area contributed by atoms with Crippen LogP contribution >= 0.6 is 0 Å². The summed E-state index contributed by atoms with van der Waals surface area (Å²) in [5, 5.41) is 12.5. The van der Waals surface area contributed by atoms with Crippen LogP contribution in [0.25, 0.3) is 11.1 Å². The van der Waals surface area contributed by atoms with E-state index in [2.05, 4.69) is 10.3 Å². The van der Waals surface area contributed by atoms with Gasteiger partial charge in [0.2, 0.25) is 0 Å². The number of hydrogen-bond acceptors (Lipinski definition) is 5. The lowest BCUT2D eigenvalue weighted by Gasteiger charge is -2.19. The van der Waals surface area contributed by atoms with Gasteiger partial charge in [-0.15, -0.1) is 0 Å². The van der Waals surface area contributed by atoms with Gasteiger partial charge in [0.25, 0.3) is 0 Å². The van der Waals surface area contributed by atoms with Crippen LogP contribution < -0.4 is 10.1 Å². The van der Waals surface area contributed by atoms with Crippen LogP contribution in [-0.4, -0.2) is 47.2 Å². The molecule has 32 heavy (non-hydrogen) atoms. The molecule has 0 aliphatic rings. The largest absolute Gasteiger partial charge is 0.480 e. The van der Waals surface area contributed by atoms with Gasteiger partial charge in [-0.1, -0.05) is 18.2 Å². The Hall–Kier alpha value is -4.01. The maximum absolute atomic E-state index is 14.3. The zero-order chi connectivity index (χ0) is 23.3. The van der Waals surface area contributed by atoms with Crippen LogP contribution in [0.5, 0.6) is 5.75 Å². The molecule has 2 N–H and O–H groups in total. The first-order valence-corrected chi connectivity index (χ1v) is 9.62. The predicted octanol–water partition coefficient (Wildman–Crippen LogP) is 4.20. The highest BCUT2D eigenvalue weighted by Crippen LogP contribution is 2.32. The van der Waals surface area contributed by atoms with E-state index in [4.69, 9.17) is 4.74 Å². The summed E-state index contributed by atoms with van der Waals surface area (Å²) < 4.78 is 33.7. The molecule has 0 saturated heterocycles. The summed E-state index contributed by atoms with van der Waals surface area (Å²) in [5.74, 6) is -2.39. The molecule has 0 aliphatic carbocycles. The molecule has 0 bridgehead atoms. The lowest BCUT2D eigenvalue weighted by atomic mass is 10.0. The van der Waals surface area contributed by atoms with Gasteiger partial charge in [0.05, 0.1) is 5.56 Å². The van der Waals surface area contributed by atoms with Crippen LogP contribution in [0.3, 0.4) is 0 Å². The number of hydrogen-bond donors (Lipinski definition) is 2. The van der Waals surface area contributed by atoms with E-state index in [1.165, 1.54) is 29.4 Å². The number of carbonyl (C=O) groups is 2. The topological polar surface area (TPSA) is 91.8 Å². The monoisotopic (exact) mass is 441 g/mol. The van der Waals surface area contributed by atoms with Crippen LogP contribution in [0.4, 0.5) is 19.3 Å². The molecular weight excluding hydrogens is 420 g/mol. The summed E-state index contributed by atoms with van der Waals surface area (Å²) in [7, 11) is 3.11. The van der Waals surface area contributed by atoms with E-state index in [9.17, 15) is 23.5 Å². The number of anilines is 1. The number of nitrogens with zero attached hydrogens (tertiary/aromatic N) is 2. The third kappa shape index (κ3) is 5.37. The molecule has 0 radical (unpaired) electrons. The van der Waals surface area contributed by atoms with Crippen molar-refractivity contribution in [1.29, 1.82) is 0 Å². The Labute approximate surface area is 183 Å². The summed E-state index contributed by atoms with van der Waals surface area (Å²) in [6, 6.07) is 10.2. The third-order valence-corrected chi connectivity index (χ3v) is 4.61. The number of aromatic nitrogens is 1. The van der Waals surface area contributed by atoms with Gasteiger partial charge in [0.1, 0.15) is 23.4 Å². The Morgan fingerprint density at radius 1 is 1.09 bits per heavy atom. The van der Waals surface area contributed by atoms with Crippen LogP contribution in [0.2, 0.25) is 0 Å². The Morgan fingerprint density at radius 2 is 1.75 bits per heavy atom. The van der Waals surface area contributed by atoms with E-state index in [1.54, 1.807) is 38.4 Å². The maximum Gasteiger partial charge on any atom is 0.414 e. The van der Waals surface area contributed by atoms with Gasteiger partial charge in [-0.3, -0.25) is 4.98 Å². The number of carboxylic acid groups (broad SMARTS) is 1. The summed E-state index contributed by atoms with van der Waals surface area (Å²) >= 11 is 0. The standard InChI is InChI=1S/C23H21F2N3O4/c1-28(2)23(31)32-15-8-6-14(7-9-15)12-20(22(29)30)27-19-10-11-26-13-16(19)21-17(24)4-3-5-18(21)25/h3-11,13,20H,12H2,1-2H3,(H,26,27)(H,29,30)/t20-/m0/s1. The van der Waals surface area contributed by atoms with Crippen molar-refractivity contribution in [3.8, 4) is 16.9 Å². The number of aliphatic carboxylic acids is 1. The van der Waals surface area contributed by atoms with Crippen molar-refractivity contribution in [2.45, 2.75) is 12.5 Å². The molecule has 0 spiro atoms. The van der Waals surface area contributed by atoms with Crippen molar-refractivity contribution in [2.24, 2.45) is 0 Å². The van der Waals surface area contributed by atoms with E-state index in [0.29, 0.717) is 11.3 Å². The van der Waals surface area contributed by atoms with Gasteiger partial charge < -0.3 is 20.1 Å².